The molecule has 0 N–H and O–H groups in total. The van der Waals surface area contributed by atoms with Gasteiger partial charge in [-0.25, -0.2) is 4.39 Å². The summed E-state index contributed by atoms with van der Waals surface area (Å²) in [5, 5.41) is 0. The monoisotopic (exact) mass is 270 g/mol. The number of carbonyl (C=O) groups excluding carboxylic acids is 1. The summed E-state index contributed by atoms with van der Waals surface area (Å²) < 4.78 is 18.5. The van der Waals surface area contributed by atoms with E-state index >= 15 is 0 Å². The van der Waals surface area contributed by atoms with Gasteiger partial charge in [0.05, 0.1) is 19.4 Å². The van der Waals surface area contributed by atoms with E-state index < -0.39 is 5.41 Å². The first-order valence-electron chi connectivity index (χ1n) is 7.19. The van der Waals surface area contributed by atoms with Crippen LogP contribution in [0.25, 0.3) is 0 Å². The fraction of sp³-hybridized carbons (Fsp3) is 0.812. The van der Waals surface area contributed by atoms with Gasteiger partial charge < -0.3 is 4.74 Å². The first-order valence-corrected chi connectivity index (χ1v) is 7.19. The first-order chi connectivity index (χ1) is 8.77. The molecule has 2 nitrogen and oxygen atoms in total. The second kappa shape index (κ2) is 6.06. The van der Waals surface area contributed by atoms with Gasteiger partial charge in [0, 0.05) is 5.41 Å². The third-order valence-electron chi connectivity index (χ3n) is 5.24. The van der Waals surface area contributed by atoms with E-state index in [1.165, 1.54) is 7.11 Å². The standard InChI is InChI=1S/C16H27FO2/c1-6-15(3,4)13-7-9-16(10-8-13,12(2)17)11-14(18)19-5/h13H,2,6-11H2,1,3-5H3. The van der Waals surface area contributed by atoms with Gasteiger partial charge in [0.2, 0.25) is 0 Å². The van der Waals surface area contributed by atoms with Gasteiger partial charge in [0.15, 0.2) is 0 Å². The van der Waals surface area contributed by atoms with Crippen LogP contribution in [0.1, 0.15) is 59.3 Å². The molecular formula is C16H27FO2. The zero-order valence-corrected chi connectivity index (χ0v) is 12.7. The lowest BCUT2D eigenvalue weighted by atomic mass is 9.61. The highest BCUT2D eigenvalue weighted by Crippen LogP contribution is 2.51. The number of hydrogen-bond donors (Lipinski definition) is 0. The van der Waals surface area contributed by atoms with E-state index in [-0.39, 0.29) is 23.6 Å². The molecule has 0 atom stereocenters. The molecule has 19 heavy (non-hydrogen) atoms. The number of esters is 1. The largest absolute Gasteiger partial charge is 0.469 e. The van der Waals surface area contributed by atoms with Crippen molar-refractivity contribution in [3.63, 3.8) is 0 Å². The first kappa shape index (κ1) is 16.2. The Morgan fingerprint density at radius 3 is 2.32 bits per heavy atom. The quantitative estimate of drug-likeness (QED) is 0.680. The molecule has 0 spiro atoms. The van der Waals surface area contributed by atoms with Crippen LogP contribution in [0.4, 0.5) is 4.39 Å². The molecule has 3 heteroatoms. The average molecular weight is 270 g/mol. The van der Waals surface area contributed by atoms with Crippen LogP contribution in [0.3, 0.4) is 0 Å². The van der Waals surface area contributed by atoms with E-state index in [4.69, 9.17) is 4.74 Å². The third kappa shape index (κ3) is 3.58. The molecule has 1 rings (SSSR count). The van der Waals surface area contributed by atoms with Crippen LogP contribution in [0.5, 0.6) is 0 Å². The summed E-state index contributed by atoms with van der Waals surface area (Å²) in [5.74, 6) is -0.0970. The molecule has 110 valence electrons. The molecule has 0 aliphatic heterocycles. The molecule has 0 aromatic rings. The summed E-state index contributed by atoms with van der Waals surface area (Å²) >= 11 is 0. The summed E-state index contributed by atoms with van der Waals surface area (Å²) in [4.78, 5) is 11.5. The number of methoxy groups -OCH3 is 1. The Bertz CT molecular complexity index is 339. The minimum atomic E-state index is -0.687. The molecule has 0 aromatic carbocycles. The smallest absolute Gasteiger partial charge is 0.306 e. The minimum absolute atomic E-state index is 0.123. The lowest BCUT2D eigenvalue weighted by Crippen LogP contribution is -2.35. The molecule has 0 saturated heterocycles. The summed E-state index contributed by atoms with van der Waals surface area (Å²) in [5.41, 5.74) is -0.400. The fourth-order valence-electron chi connectivity index (χ4n) is 3.13. The maximum absolute atomic E-state index is 13.8. The molecule has 0 aromatic heterocycles. The number of rotatable bonds is 5. The second-order valence-corrected chi connectivity index (χ2v) is 6.55. The van der Waals surface area contributed by atoms with Crippen molar-refractivity contribution < 1.29 is 13.9 Å². The van der Waals surface area contributed by atoms with E-state index in [1.54, 1.807) is 0 Å². The topological polar surface area (TPSA) is 26.3 Å². The molecule has 1 saturated carbocycles. The fourth-order valence-corrected chi connectivity index (χ4v) is 3.13. The Kier molecular flexibility index (Phi) is 5.17. The normalized spacial score (nSPS) is 27.9. The summed E-state index contributed by atoms with van der Waals surface area (Å²) in [7, 11) is 1.35. The van der Waals surface area contributed by atoms with Gasteiger partial charge in [-0.2, -0.15) is 0 Å². The summed E-state index contributed by atoms with van der Waals surface area (Å²) in [6.07, 6.45) is 4.56. The van der Waals surface area contributed by atoms with Crippen molar-refractivity contribution in [2.45, 2.75) is 59.3 Å². The Labute approximate surface area is 116 Å². The maximum atomic E-state index is 13.8. The van der Waals surface area contributed by atoms with Gasteiger partial charge in [-0.15, -0.1) is 0 Å². The van der Waals surface area contributed by atoms with Gasteiger partial charge in [-0.1, -0.05) is 33.8 Å². The zero-order chi connectivity index (χ0) is 14.7. The van der Waals surface area contributed by atoms with E-state index in [1.807, 2.05) is 0 Å². The summed E-state index contributed by atoms with van der Waals surface area (Å²) in [6.45, 7) is 10.2. The third-order valence-corrected chi connectivity index (χ3v) is 5.24. The van der Waals surface area contributed by atoms with Crippen molar-refractivity contribution in [2.24, 2.45) is 16.7 Å². The van der Waals surface area contributed by atoms with Gasteiger partial charge in [-0.3, -0.25) is 4.79 Å². The molecule has 1 fully saturated rings. The van der Waals surface area contributed by atoms with Crippen molar-refractivity contribution in [1.29, 1.82) is 0 Å². The number of allylic oxidation sites excluding steroid dienone is 1. The summed E-state index contributed by atoms with van der Waals surface area (Å²) in [6, 6.07) is 0. The van der Waals surface area contributed by atoms with Crippen molar-refractivity contribution >= 4 is 5.97 Å². The maximum Gasteiger partial charge on any atom is 0.306 e. The highest BCUT2D eigenvalue weighted by atomic mass is 19.1. The van der Waals surface area contributed by atoms with E-state index in [9.17, 15) is 9.18 Å². The Morgan fingerprint density at radius 1 is 1.42 bits per heavy atom. The van der Waals surface area contributed by atoms with Gasteiger partial charge >= 0.3 is 5.97 Å². The molecule has 0 bridgehead atoms. The van der Waals surface area contributed by atoms with Crippen molar-refractivity contribution in [3.05, 3.63) is 12.4 Å². The molecule has 0 heterocycles. The second-order valence-electron chi connectivity index (χ2n) is 6.55. The molecule has 0 unspecified atom stereocenters. The number of ether oxygens (including phenoxy) is 1. The predicted octanol–water partition coefficient (Wildman–Crippen LogP) is 4.65. The Balaban J connectivity index is 2.76. The van der Waals surface area contributed by atoms with E-state index in [2.05, 4.69) is 27.4 Å². The number of carbonyl (C=O) groups is 1. The molecular weight excluding hydrogens is 243 g/mol. The molecule has 1 aliphatic rings. The van der Waals surface area contributed by atoms with Crippen LogP contribution in [0.15, 0.2) is 12.4 Å². The minimum Gasteiger partial charge on any atom is -0.469 e. The lowest BCUT2D eigenvalue weighted by Gasteiger charge is -2.43. The SMILES string of the molecule is C=C(F)C1(CC(=O)OC)CCC(C(C)(C)CC)CC1. The Morgan fingerprint density at radius 2 is 1.95 bits per heavy atom. The van der Waals surface area contributed by atoms with E-state index in [0.29, 0.717) is 18.8 Å². The van der Waals surface area contributed by atoms with Gasteiger partial charge in [0.25, 0.3) is 0 Å². The van der Waals surface area contributed by atoms with Crippen LogP contribution >= 0.6 is 0 Å². The van der Waals surface area contributed by atoms with Gasteiger partial charge in [-0.05, 0) is 37.0 Å². The Hall–Kier alpha value is -0.860. The van der Waals surface area contributed by atoms with Gasteiger partial charge in [0.1, 0.15) is 0 Å². The predicted molar refractivity (Wildman–Crippen MR) is 75.3 cm³/mol. The van der Waals surface area contributed by atoms with Crippen molar-refractivity contribution in [1.82, 2.24) is 0 Å². The van der Waals surface area contributed by atoms with Crippen LogP contribution < -0.4 is 0 Å². The lowest BCUT2D eigenvalue weighted by molar-refractivity contribution is -0.144. The average Bonchev–Trinajstić information content (AvgIpc) is 2.39. The van der Waals surface area contributed by atoms with E-state index in [0.717, 1.165) is 19.3 Å². The van der Waals surface area contributed by atoms with Crippen LogP contribution in [0, 0.1) is 16.7 Å². The molecule has 0 amide bonds. The van der Waals surface area contributed by atoms with Crippen LogP contribution in [0.2, 0.25) is 0 Å². The highest BCUT2D eigenvalue weighted by Gasteiger charge is 2.43. The number of halogens is 1. The molecule has 1 aliphatic carbocycles. The van der Waals surface area contributed by atoms with Crippen LogP contribution in [-0.2, 0) is 9.53 Å². The zero-order valence-electron chi connectivity index (χ0n) is 12.7. The highest BCUT2D eigenvalue weighted by molar-refractivity contribution is 5.70. The van der Waals surface area contributed by atoms with Crippen molar-refractivity contribution in [3.8, 4) is 0 Å². The van der Waals surface area contributed by atoms with Crippen molar-refractivity contribution in [2.75, 3.05) is 7.11 Å². The molecule has 0 radical (unpaired) electrons. The van der Waals surface area contributed by atoms with Crippen LogP contribution in [-0.4, -0.2) is 13.1 Å². The number of hydrogen-bond acceptors (Lipinski definition) is 2.